The first-order valence-electron chi connectivity index (χ1n) is 9.62. The van der Waals surface area contributed by atoms with E-state index in [9.17, 15) is 26.4 Å². The zero-order valence-corrected chi connectivity index (χ0v) is 17.4. The summed E-state index contributed by atoms with van der Waals surface area (Å²) in [4.78, 5) is 13.5. The summed E-state index contributed by atoms with van der Waals surface area (Å²) in [6.07, 6.45) is -2.83. The molecule has 0 atom stereocenters. The molecule has 3 aromatic rings. The number of rotatable bonds is 3. The molecule has 0 radical (unpaired) electrons. The molecule has 2 aromatic carbocycles. The number of anilines is 1. The standard InChI is InChI=1S/C21H20F3N3O3S/c1-15(28)27-8-7-16-13-19(5-6-20(16)27)31(29,30)26-11-9-25(10-12-26)18-4-2-3-17(14-18)21(22,23)24/h2-8,13-14H,9-12H2,1H3. The Bertz CT molecular complexity index is 1240. The molecular formula is C21H20F3N3O3S. The van der Waals surface area contributed by atoms with Crippen LogP contribution in [0, 0.1) is 0 Å². The molecule has 0 bridgehead atoms. The molecule has 0 spiro atoms. The second kappa shape index (κ2) is 7.69. The molecule has 164 valence electrons. The molecule has 6 nitrogen and oxygen atoms in total. The number of benzene rings is 2. The lowest BCUT2D eigenvalue weighted by molar-refractivity contribution is -0.137. The van der Waals surface area contributed by atoms with Crippen LogP contribution < -0.4 is 4.90 Å². The molecule has 0 saturated carbocycles. The van der Waals surface area contributed by atoms with Gasteiger partial charge in [0.05, 0.1) is 16.0 Å². The number of carbonyl (C=O) groups is 1. The van der Waals surface area contributed by atoms with E-state index in [0.29, 0.717) is 16.6 Å². The summed E-state index contributed by atoms with van der Waals surface area (Å²) in [7, 11) is -3.77. The van der Waals surface area contributed by atoms with Crippen LogP contribution in [-0.4, -0.2) is 49.4 Å². The fourth-order valence-corrected chi connectivity index (χ4v) is 5.23. The van der Waals surface area contributed by atoms with E-state index in [1.54, 1.807) is 29.3 Å². The number of piperazine rings is 1. The molecule has 0 aliphatic carbocycles. The number of hydrogen-bond acceptors (Lipinski definition) is 4. The van der Waals surface area contributed by atoms with E-state index in [1.807, 2.05) is 0 Å². The number of sulfonamides is 1. The number of nitrogens with zero attached hydrogens (tertiary/aromatic N) is 3. The number of aromatic nitrogens is 1. The van der Waals surface area contributed by atoms with Crippen LogP contribution in [0.15, 0.2) is 59.6 Å². The minimum Gasteiger partial charge on any atom is -0.369 e. The van der Waals surface area contributed by atoms with Crippen molar-refractivity contribution < 1.29 is 26.4 Å². The average molecular weight is 451 g/mol. The highest BCUT2D eigenvalue weighted by atomic mass is 32.2. The van der Waals surface area contributed by atoms with Crippen LogP contribution in [0.5, 0.6) is 0 Å². The van der Waals surface area contributed by atoms with E-state index in [1.165, 1.54) is 34.0 Å². The number of fused-ring (bicyclic) bond motifs is 1. The summed E-state index contributed by atoms with van der Waals surface area (Å²) in [6, 6.07) is 11.3. The van der Waals surface area contributed by atoms with E-state index in [4.69, 9.17) is 0 Å². The van der Waals surface area contributed by atoms with Gasteiger partial charge in [-0.2, -0.15) is 17.5 Å². The van der Waals surface area contributed by atoms with E-state index in [2.05, 4.69) is 0 Å². The predicted octanol–water partition coefficient (Wildman–Crippen LogP) is 3.83. The van der Waals surface area contributed by atoms with Crippen molar-refractivity contribution in [1.82, 2.24) is 8.87 Å². The third-order valence-electron chi connectivity index (χ3n) is 5.42. The molecule has 0 amide bonds. The Morgan fingerprint density at radius 2 is 1.68 bits per heavy atom. The van der Waals surface area contributed by atoms with Crippen molar-refractivity contribution in [2.24, 2.45) is 0 Å². The molecule has 1 aliphatic rings. The molecule has 0 unspecified atom stereocenters. The third kappa shape index (κ3) is 4.05. The van der Waals surface area contributed by atoms with Crippen molar-refractivity contribution in [3.8, 4) is 0 Å². The van der Waals surface area contributed by atoms with Crippen LogP contribution in [0.25, 0.3) is 10.9 Å². The van der Waals surface area contributed by atoms with E-state index < -0.39 is 21.8 Å². The van der Waals surface area contributed by atoms with E-state index in [0.717, 1.165) is 12.1 Å². The number of carbonyl (C=O) groups excluding carboxylic acids is 1. The second-order valence-corrected chi connectivity index (χ2v) is 9.30. The summed E-state index contributed by atoms with van der Waals surface area (Å²) >= 11 is 0. The molecule has 2 heterocycles. The quantitative estimate of drug-likeness (QED) is 0.607. The maximum atomic E-state index is 13.1. The average Bonchev–Trinajstić information content (AvgIpc) is 3.17. The predicted molar refractivity (Wildman–Crippen MR) is 111 cm³/mol. The van der Waals surface area contributed by atoms with Gasteiger partial charge in [0.2, 0.25) is 15.9 Å². The Hall–Kier alpha value is -2.85. The summed E-state index contributed by atoms with van der Waals surface area (Å²) in [5, 5.41) is 0.638. The zero-order valence-electron chi connectivity index (χ0n) is 16.6. The lowest BCUT2D eigenvalue weighted by atomic mass is 10.1. The van der Waals surface area contributed by atoms with Gasteiger partial charge in [0, 0.05) is 50.4 Å². The molecule has 0 N–H and O–H groups in total. The number of hydrogen-bond donors (Lipinski definition) is 0. The van der Waals surface area contributed by atoms with Crippen molar-refractivity contribution in [2.45, 2.75) is 18.0 Å². The molecule has 1 aliphatic heterocycles. The van der Waals surface area contributed by atoms with Crippen LogP contribution in [0.1, 0.15) is 17.3 Å². The first kappa shape index (κ1) is 21.4. The maximum absolute atomic E-state index is 13.1. The first-order valence-corrected chi connectivity index (χ1v) is 11.1. The largest absolute Gasteiger partial charge is 0.416 e. The molecule has 10 heteroatoms. The lowest BCUT2D eigenvalue weighted by Gasteiger charge is -2.35. The Morgan fingerprint density at radius 1 is 0.968 bits per heavy atom. The minimum atomic E-state index is -4.43. The Kier molecular flexibility index (Phi) is 5.30. The number of alkyl halides is 3. The van der Waals surface area contributed by atoms with Gasteiger partial charge in [-0.25, -0.2) is 8.42 Å². The van der Waals surface area contributed by atoms with Gasteiger partial charge in [0.15, 0.2) is 0 Å². The van der Waals surface area contributed by atoms with Crippen LogP contribution in [-0.2, 0) is 16.2 Å². The lowest BCUT2D eigenvalue weighted by Crippen LogP contribution is -2.48. The van der Waals surface area contributed by atoms with Crippen molar-refractivity contribution in [3.05, 3.63) is 60.3 Å². The van der Waals surface area contributed by atoms with Gasteiger partial charge in [-0.15, -0.1) is 0 Å². The molecule has 1 saturated heterocycles. The van der Waals surface area contributed by atoms with Gasteiger partial charge >= 0.3 is 6.18 Å². The second-order valence-electron chi connectivity index (χ2n) is 7.36. The summed E-state index contributed by atoms with van der Waals surface area (Å²) < 4.78 is 67.9. The van der Waals surface area contributed by atoms with Gasteiger partial charge in [-0.05, 0) is 42.5 Å². The van der Waals surface area contributed by atoms with Crippen molar-refractivity contribution >= 4 is 32.5 Å². The van der Waals surface area contributed by atoms with Crippen LogP contribution in [0.3, 0.4) is 0 Å². The minimum absolute atomic E-state index is 0.119. The van der Waals surface area contributed by atoms with Gasteiger partial charge in [-0.1, -0.05) is 6.07 Å². The van der Waals surface area contributed by atoms with Crippen molar-refractivity contribution in [1.29, 1.82) is 0 Å². The van der Waals surface area contributed by atoms with Gasteiger partial charge < -0.3 is 4.90 Å². The van der Waals surface area contributed by atoms with Crippen LogP contribution in [0.2, 0.25) is 0 Å². The summed E-state index contributed by atoms with van der Waals surface area (Å²) in [6.45, 7) is 2.30. The van der Waals surface area contributed by atoms with Gasteiger partial charge in [-0.3, -0.25) is 9.36 Å². The molecule has 4 rings (SSSR count). The zero-order chi connectivity index (χ0) is 22.4. The smallest absolute Gasteiger partial charge is 0.369 e. The normalized spacial score (nSPS) is 16.1. The summed E-state index contributed by atoms with van der Waals surface area (Å²) in [5.74, 6) is -0.170. The van der Waals surface area contributed by atoms with Crippen LogP contribution >= 0.6 is 0 Å². The van der Waals surface area contributed by atoms with Gasteiger partial charge in [0.1, 0.15) is 0 Å². The maximum Gasteiger partial charge on any atom is 0.416 e. The third-order valence-corrected chi connectivity index (χ3v) is 7.31. The summed E-state index contributed by atoms with van der Waals surface area (Å²) in [5.41, 5.74) is 0.311. The molecule has 31 heavy (non-hydrogen) atoms. The highest BCUT2D eigenvalue weighted by Crippen LogP contribution is 2.32. The highest BCUT2D eigenvalue weighted by molar-refractivity contribution is 7.89. The first-order chi connectivity index (χ1) is 14.6. The van der Waals surface area contributed by atoms with Crippen LogP contribution in [0.4, 0.5) is 18.9 Å². The molecule has 1 aromatic heterocycles. The van der Waals surface area contributed by atoms with Gasteiger partial charge in [0.25, 0.3) is 0 Å². The highest BCUT2D eigenvalue weighted by Gasteiger charge is 2.32. The van der Waals surface area contributed by atoms with Crippen molar-refractivity contribution in [2.75, 3.05) is 31.1 Å². The van der Waals surface area contributed by atoms with E-state index >= 15 is 0 Å². The monoisotopic (exact) mass is 451 g/mol. The fourth-order valence-electron chi connectivity index (χ4n) is 3.77. The Labute approximate surface area is 177 Å². The Balaban J connectivity index is 1.52. The van der Waals surface area contributed by atoms with Crippen molar-refractivity contribution in [3.63, 3.8) is 0 Å². The Morgan fingerprint density at radius 3 is 2.32 bits per heavy atom. The molecular weight excluding hydrogens is 431 g/mol. The molecule has 1 fully saturated rings. The van der Waals surface area contributed by atoms with E-state index in [-0.39, 0.29) is 37.0 Å². The fraction of sp³-hybridized carbons (Fsp3) is 0.286. The topological polar surface area (TPSA) is 62.6 Å². The number of halogens is 3. The SMILES string of the molecule is CC(=O)n1ccc2cc(S(=O)(=O)N3CCN(c4cccc(C(F)(F)F)c4)CC3)ccc21.